The number of hydrogen-bond acceptors (Lipinski definition) is 5. The van der Waals surface area contributed by atoms with Crippen molar-refractivity contribution in [2.45, 2.75) is 53.0 Å². The number of nitrogens with zero attached hydrogens (tertiary/aromatic N) is 3. The van der Waals surface area contributed by atoms with E-state index in [1.807, 2.05) is 13.8 Å². The zero-order valence-electron chi connectivity index (χ0n) is 18.8. The Labute approximate surface area is 172 Å². The van der Waals surface area contributed by atoms with Gasteiger partial charge in [0.05, 0.1) is 0 Å². The van der Waals surface area contributed by atoms with Crippen molar-refractivity contribution in [1.29, 1.82) is 0 Å². The second-order valence-corrected chi connectivity index (χ2v) is 8.74. The Bertz CT molecular complexity index is 448. The van der Waals surface area contributed by atoms with Crippen molar-refractivity contribution in [1.82, 2.24) is 25.3 Å². The van der Waals surface area contributed by atoms with E-state index in [0.29, 0.717) is 12.8 Å². The molecule has 1 heterocycles. The van der Waals surface area contributed by atoms with Crippen LogP contribution >= 0.6 is 0 Å². The molecule has 0 atom stereocenters. The van der Waals surface area contributed by atoms with Gasteiger partial charge in [0.25, 0.3) is 0 Å². The van der Waals surface area contributed by atoms with Gasteiger partial charge < -0.3 is 25.3 Å². The van der Waals surface area contributed by atoms with Crippen LogP contribution in [0.4, 0.5) is 0 Å². The molecule has 164 valence electrons. The Kier molecular flexibility index (Phi) is 12.3. The van der Waals surface area contributed by atoms with Crippen LogP contribution in [0.5, 0.6) is 0 Å². The standard InChI is InChI=1S/C21H43N5O2/c1-18(2)6-10-24(5)13-9-22-20(27)7-11-25-14-16-26(17-15-25)12-8-21(28)23-19(3)4/h18-19H,6-17H2,1-5H3,(H,22,27)(H,23,28). The first-order valence-corrected chi connectivity index (χ1v) is 11.0. The predicted octanol–water partition coefficient (Wildman–Crippen LogP) is 1.00. The SMILES string of the molecule is CC(C)CCN(C)CCNC(=O)CCN1CCN(CCC(=O)NC(C)C)CC1. The van der Waals surface area contributed by atoms with E-state index < -0.39 is 0 Å². The quantitative estimate of drug-likeness (QED) is 0.485. The van der Waals surface area contributed by atoms with Gasteiger partial charge in [-0.15, -0.1) is 0 Å². The molecule has 0 unspecified atom stereocenters. The third kappa shape index (κ3) is 12.3. The van der Waals surface area contributed by atoms with E-state index >= 15 is 0 Å². The first-order valence-electron chi connectivity index (χ1n) is 11.0. The first-order chi connectivity index (χ1) is 13.3. The van der Waals surface area contributed by atoms with E-state index in [9.17, 15) is 9.59 Å². The number of piperazine rings is 1. The van der Waals surface area contributed by atoms with E-state index in [2.05, 4.69) is 46.2 Å². The second-order valence-electron chi connectivity index (χ2n) is 8.74. The fraction of sp³-hybridized carbons (Fsp3) is 0.905. The van der Waals surface area contributed by atoms with Gasteiger partial charge in [-0.05, 0) is 39.8 Å². The van der Waals surface area contributed by atoms with E-state index in [-0.39, 0.29) is 17.9 Å². The zero-order valence-corrected chi connectivity index (χ0v) is 18.8. The normalized spacial score (nSPS) is 16.1. The maximum absolute atomic E-state index is 12.1. The number of rotatable bonds is 13. The van der Waals surface area contributed by atoms with Crippen LogP contribution in [0.1, 0.15) is 47.0 Å². The lowest BCUT2D eigenvalue weighted by Gasteiger charge is -2.34. The van der Waals surface area contributed by atoms with Crippen LogP contribution in [-0.4, -0.2) is 98.5 Å². The molecule has 1 saturated heterocycles. The number of hydrogen-bond donors (Lipinski definition) is 2. The van der Waals surface area contributed by atoms with Crippen LogP contribution in [0.2, 0.25) is 0 Å². The molecular formula is C21H43N5O2. The van der Waals surface area contributed by atoms with Crippen LogP contribution < -0.4 is 10.6 Å². The molecule has 0 aliphatic carbocycles. The Morgan fingerprint density at radius 2 is 1.43 bits per heavy atom. The Balaban J connectivity index is 2.06. The number of carbonyl (C=O) groups is 2. The van der Waals surface area contributed by atoms with Gasteiger partial charge in [0.1, 0.15) is 0 Å². The number of nitrogens with one attached hydrogen (secondary N) is 2. The number of carbonyl (C=O) groups excluding carboxylic acids is 2. The van der Waals surface area contributed by atoms with Gasteiger partial charge in [-0.2, -0.15) is 0 Å². The summed E-state index contributed by atoms with van der Waals surface area (Å²) in [6, 6.07) is 0.205. The highest BCUT2D eigenvalue weighted by atomic mass is 16.2. The van der Waals surface area contributed by atoms with Crippen molar-refractivity contribution in [2.24, 2.45) is 5.92 Å². The highest BCUT2D eigenvalue weighted by Crippen LogP contribution is 2.04. The van der Waals surface area contributed by atoms with Gasteiger partial charge in [-0.25, -0.2) is 0 Å². The molecular weight excluding hydrogens is 354 g/mol. The monoisotopic (exact) mass is 397 g/mol. The van der Waals surface area contributed by atoms with Gasteiger partial charge in [-0.1, -0.05) is 13.8 Å². The summed E-state index contributed by atoms with van der Waals surface area (Å²) in [5, 5.41) is 5.97. The fourth-order valence-electron chi connectivity index (χ4n) is 3.21. The van der Waals surface area contributed by atoms with E-state index in [1.165, 1.54) is 6.42 Å². The highest BCUT2D eigenvalue weighted by molar-refractivity contribution is 5.76. The van der Waals surface area contributed by atoms with Crippen LogP contribution in [0.3, 0.4) is 0 Å². The molecule has 1 aliphatic heterocycles. The fourth-order valence-corrected chi connectivity index (χ4v) is 3.21. The summed E-state index contributed by atoms with van der Waals surface area (Å²) in [6.07, 6.45) is 2.32. The molecule has 1 rings (SSSR count). The van der Waals surface area contributed by atoms with Crippen LogP contribution in [0.15, 0.2) is 0 Å². The van der Waals surface area contributed by atoms with Crippen molar-refractivity contribution in [3.05, 3.63) is 0 Å². The van der Waals surface area contributed by atoms with E-state index in [1.54, 1.807) is 0 Å². The average molecular weight is 398 g/mol. The molecule has 0 radical (unpaired) electrons. The van der Waals surface area contributed by atoms with Gasteiger partial charge in [-0.3, -0.25) is 9.59 Å². The summed E-state index contributed by atoms with van der Waals surface area (Å²) in [5.41, 5.74) is 0. The maximum atomic E-state index is 12.1. The van der Waals surface area contributed by atoms with Crippen molar-refractivity contribution < 1.29 is 9.59 Å². The summed E-state index contributed by atoms with van der Waals surface area (Å²) in [5.74, 6) is 0.990. The summed E-state index contributed by atoms with van der Waals surface area (Å²) in [6.45, 7) is 16.7. The molecule has 1 fully saturated rings. The molecule has 1 aliphatic rings. The smallest absolute Gasteiger partial charge is 0.221 e. The minimum Gasteiger partial charge on any atom is -0.355 e. The van der Waals surface area contributed by atoms with Crippen molar-refractivity contribution in [3.63, 3.8) is 0 Å². The van der Waals surface area contributed by atoms with Crippen LogP contribution in [0.25, 0.3) is 0 Å². The van der Waals surface area contributed by atoms with Gasteiger partial charge >= 0.3 is 0 Å². The third-order valence-corrected chi connectivity index (χ3v) is 5.13. The topological polar surface area (TPSA) is 67.9 Å². The maximum Gasteiger partial charge on any atom is 0.221 e. The van der Waals surface area contributed by atoms with Crippen molar-refractivity contribution in [3.8, 4) is 0 Å². The van der Waals surface area contributed by atoms with Crippen molar-refractivity contribution in [2.75, 3.05) is 66.0 Å². The molecule has 0 saturated carbocycles. The second kappa shape index (κ2) is 13.9. The average Bonchev–Trinajstić information content (AvgIpc) is 2.63. The highest BCUT2D eigenvalue weighted by Gasteiger charge is 2.18. The lowest BCUT2D eigenvalue weighted by atomic mass is 10.1. The molecule has 7 nitrogen and oxygen atoms in total. The Hall–Kier alpha value is -1.18. The van der Waals surface area contributed by atoms with Crippen LogP contribution in [-0.2, 0) is 9.59 Å². The number of likely N-dealkylation sites (N-methyl/N-ethyl adjacent to an activating group) is 1. The van der Waals surface area contributed by atoms with Crippen LogP contribution in [0, 0.1) is 5.92 Å². The Morgan fingerprint density at radius 3 is 1.93 bits per heavy atom. The molecule has 0 aromatic rings. The minimum atomic E-state index is 0.129. The summed E-state index contributed by atoms with van der Waals surface area (Å²) >= 11 is 0. The van der Waals surface area contributed by atoms with Gasteiger partial charge in [0.15, 0.2) is 0 Å². The third-order valence-electron chi connectivity index (χ3n) is 5.13. The van der Waals surface area contributed by atoms with E-state index in [4.69, 9.17) is 0 Å². The van der Waals surface area contributed by atoms with Gasteiger partial charge in [0.2, 0.25) is 11.8 Å². The molecule has 0 spiro atoms. The lowest BCUT2D eigenvalue weighted by Crippen LogP contribution is -2.48. The van der Waals surface area contributed by atoms with E-state index in [0.717, 1.165) is 64.8 Å². The first kappa shape index (κ1) is 24.9. The molecule has 2 amide bonds. The molecule has 2 N–H and O–H groups in total. The molecule has 7 heteroatoms. The molecule has 0 bridgehead atoms. The van der Waals surface area contributed by atoms with Gasteiger partial charge in [0, 0.05) is 71.2 Å². The largest absolute Gasteiger partial charge is 0.355 e. The lowest BCUT2D eigenvalue weighted by molar-refractivity contribution is -0.123. The molecule has 0 aromatic heterocycles. The zero-order chi connectivity index (χ0) is 20.9. The minimum absolute atomic E-state index is 0.129. The summed E-state index contributed by atoms with van der Waals surface area (Å²) in [4.78, 5) is 30.8. The predicted molar refractivity (Wildman–Crippen MR) is 115 cm³/mol. The summed E-state index contributed by atoms with van der Waals surface area (Å²) < 4.78 is 0. The number of amides is 2. The van der Waals surface area contributed by atoms with Crippen molar-refractivity contribution >= 4 is 11.8 Å². The Morgan fingerprint density at radius 1 is 0.893 bits per heavy atom. The molecule has 28 heavy (non-hydrogen) atoms. The summed E-state index contributed by atoms with van der Waals surface area (Å²) in [7, 11) is 2.11. The molecule has 0 aromatic carbocycles.